The van der Waals surface area contributed by atoms with E-state index >= 15 is 0 Å². The van der Waals surface area contributed by atoms with Crippen LogP contribution in [0.3, 0.4) is 0 Å². The number of hydrogen-bond acceptors (Lipinski definition) is 1. The monoisotopic (exact) mass is 155 g/mol. The topological polar surface area (TPSA) is 26.0 Å². The van der Waals surface area contributed by atoms with Crippen LogP contribution in [0, 0.1) is 11.3 Å². The van der Waals surface area contributed by atoms with Crippen LogP contribution in [0.25, 0.3) is 0 Å². The van der Waals surface area contributed by atoms with Crippen molar-refractivity contribution >= 4 is 0 Å². The van der Waals surface area contributed by atoms with Crippen molar-refractivity contribution in [3.63, 3.8) is 0 Å². The maximum atomic E-state index is 5.49. The molecule has 0 aliphatic heterocycles. The third kappa shape index (κ3) is 1.76. The molecule has 0 aromatic heterocycles. The third-order valence-corrected chi connectivity index (χ3v) is 3.61. The Bertz CT molecular complexity index is 118. The van der Waals surface area contributed by atoms with Crippen molar-refractivity contribution < 1.29 is 0 Å². The average Bonchev–Trinajstić information content (AvgIpc) is 2.02. The van der Waals surface area contributed by atoms with Crippen LogP contribution in [0.1, 0.15) is 46.0 Å². The highest BCUT2D eigenvalue weighted by atomic mass is 14.5. The van der Waals surface area contributed by atoms with Crippen LogP contribution in [-0.4, -0.2) is 6.54 Å². The summed E-state index contributed by atoms with van der Waals surface area (Å²) in [5, 5.41) is 0. The summed E-state index contributed by atoms with van der Waals surface area (Å²) < 4.78 is 0. The third-order valence-electron chi connectivity index (χ3n) is 3.61. The minimum atomic E-state index is 0.676. The molecule has 1 fully saturated rings. The van der Waals surface area contributed by atoms with Gasteiger partial charge < -0.3 is 5.73 Å². The first-order chi connectivity index (χ1) is 5.23. The molecule has 0 aromatic rings. The van der Waals surface area contributed by atoms with Crippen LogP contribution in [0.15, 0.2) is 0 Å². The van der Waals surface area contributed by atoms with Crippen molar-refractivity contribution in [1.29, 1.82) is 0 Å². The molecule has 1 heteroatoms. The van der Waals surface area contributed by atoms with Crippen molar-refractivity contribution in [2.24, 2.45) is 17.1 Å². The lowest BCUT2D eigenvalue weighted by molar-refractivity contribution is 0.0383. The zero-order valence-corrected chi connectivity index (χ0v) is 7.90. The molecule has 1 aliphatic carbocycles. The van der Waals surface area contributed by atoms with Crippen molar-refractivity contribution in [3.05, 3.63) is 0 Å². The molecule has 1 aliphatic rings. The summed E-state index contributed by atoms with van der Waals surface area (Å²) in [6, 6.07) is 0. The second-order valence-electron chi connectivity index (χ2n) is 4.17. The molecule has 0 amide bonds. The van der Waals surface area contributed by atoms with Gasteiger partial charge in [0, 0.05) is 0 Å². The van der Waals surface area contributed by atoms with Gasteiger partial charge in [0.1, 0.15) is 0 Å². The van der Waals surface area contributed by atoms with Crippen LogP contribution < -0.4 is 5.73 Å². The molecule has 0 saturated heterocycles. The van der Waals surface area contributed by atoms with Gasteiger partial charge in [-0.2, -0.15) is 0 Å². The normalized spacial score (nSPS) is 36.8. The Morgan fingerprint density at radius 3 is 2.64 bits per heavy atom. The average molecular weight is 155 g/mol. The van der Waals surface area contributed by atoms with Crippen LogP contribution in [0.5, 0.6) is 0 Å². The van der Waals surface area contributed by atoms with E-state index in [-0.39, 0.29) is 0 Å². The van der Waals surface area contributed by atoms with Crippen molar-refractivity contribution in [2.75, 3.05) is 6.54 Å². The largest absolute Gasteiger partial charge is 0.330 e. The fourth-order valence-electron chi connectivity index (χ4n) is 2.16. The highest BCUT2D eigenvalue weighted by Crippen LogP contribution is 2.50. The van der Waals surface area contributed by atoms with Crippen LogP contribution >= 0.6 is 0 Å². The van der Waals surface area contributed by atoms with E-state index < -0.39 is 0 Å². The Labute approximate surface area is 70.4 Å². The van der Waals surface area contributed by atoms with Gasteiger partial charge in [-0.05, 0) is 43.6 Å². The van der Waals surface area contributed by atoms with Gasteiger partial charge in [0.15, 0.2) is 0 Å². The minimum Gasteiger partial charge on any atom is -0.330 e. The zero-order chi connectivity index (χ0) is 8.32. The molecule has 0 bridgehead atoms. The smallest absolute Gasteiger partial charge is 0.00772 e. The molecule has 1 nitrogen and oxygen atoms in total. The van der Waals surface area contributed by atoms with E-state index in [2.05, 4.69) is 13.8 Å². The van der Waals surface area contributed by atoms with Gasteiger partial charge in [0.05, 0.1) is 0 Å². The first-order valence-electron chi connectivity index (χ1n) is 4.93. The molecule has 0 aromatic carbocycles. The maximum Gasteiger partial charge on any atom is -0.00772 e. The second kappa shape index (κ2) is 3.57. The van der Waals surface area contributed by atoms with E-state index in [1.54, 1.807) is 0 Å². The highest BCUT2D eigenvalue weighted by molar-refractivity contribution is 4.90. The van der Waals surface area contributed by atoms with Crippen LogP contribution in [-0.2, 0) is 0 Å². The Morgan fingerprint density at radius 1 is 1.55 bits per heavy atom. The molecule has 1 rings (SSSR count). The number of rotatable bonds is 4. The lowest BCUT2D eigenvalue weighted by Crippen LogP contribution is -2.37. The SMILES string of the molecule is CC[C@]1(C)CC[C@@H]1CCCN. The summed E-state index contributed by atoms with van der Waals surface area (Å²) in [5.41, 5.74) is 6.16. The van der Waals surface area contributed by atoms with E-state index in [0.29, 0.717) is 5.41 Å². The molecule has 66 valence electrons. The van der Waals surface area contributed by atoms with E-state index in [1.807, 2.05) is 0 Å². The number of nitrogens with two attached hydrogens (primary N) is 1. The Morgan fingerprint density at radius 2 is 2.27 bits per heavy atom. The fourth-order valence-corrected chi connectivity index (χ4v) is 2.16. The van der Waals surface area contributed by atoms with Gasteiger partial charge >= 0.3 is 0 Å². The van der Waals surface area contributed by atoms with Crippen molar-refractivity contribution in [2.45, 2.75) is 46.0 Å². The molecular formula is C10H21N. The predicted octanol–water partition coefficient (Wildman–Crippen LogP) is 2.55. The van der Waals surface area contributed by atoms with Crippen LogP contribution in [0.4, 0.5) is 0 Å². The molecule has 0 radical (unpaired) electrons. The van der Waals surface area contributed by atoms with E-state index in [0.717, 1.165) is 12.5 Å². The minimum absolute atomic E-state index is 0.676. The van der Waals surface area contributed by atoms with Gasteiger partial charge in [0.25, 0.3) is 0 Å². The molecule has 0 spiro atoms. The first-order valence-corrected chi connectivity index (χ1v) is 4.93. The summed E-state index contributed by atoms with van der Waals surface area (Å²) in [7, 11) is 0. The van der Waals surface area contributed by atoms with E-state index in [4.69, 9.17) is 5.73 Å². The summed E-state index contributed by atoms with van der Waals surface area (Å²) in [4.78, 5) is 0. The summed E-state index contributed by atoms with van der Waals surface area (Å²) in [5.74, 6) is 0.982. The van der Waals surface area contributed by atoms with Crippen LogP contribution in [0.2, 0.25) is 0 Å². The molecule has 0 unspecified atom stereocenters. The molecule has 2 N–H and O–H groups in total. The van der Waals surface area contributed by atoms with Gasteiger partial charge in [0.2, 0.25) is 0 Å². The Hall–Kier alpha value is -0.0400. The maximum absolute atomic E-state index is 5.49. The lowest BCUT2D eigenvalue weighted by atomic mass is 9.58. The Balaban J connectivity index is 2.25. The van der Waals surface area contributed by atoms with Gasteiger partial charge in [-0.25, -0.2) is 0 Å². The van der Waals surface area contributed by atoms with Gasteiger partial charge in [-0.1, -0.05) is 20.3 Å². The summed E-state index contributed by atoms with van der Waals surface area (Å²) in [6.07, 6.45) is 6.83. The molecule has 2 atom stereocenters. The van der Waals surface area contributed by atoms with Gasteiger partial charge in [-0.3, -0.25) is 0 Å². The van der Waals surface area contributed by atoms with Gasteiger partial charge in [-0.15, -0.1) is 0 Å². The Kier molecular flexibility index (Phi) is 2.94. The van der Waals surface area contributed by atoms with E-state index in [9.17, 15) is 0 Å². The quantitative estimate of drug-likeness (QED) is 0.663. The molecule has 11 heavy (non-hydrogen) atoms. The van der Waals surface area contributed by atoms with Crippen molar-refractivity contribution in [1.82, 2.24) is 0 Å². The van der Waals surface area contributed by atoms with Crippen molar-refractivity contribution in [3.8, 4) is 0 Å². The first kappa shape index (κ1) is 9.05. The molecule has 0 heterocycles. The second-order valence-corrected chi connectivity index (χ2v) is 4.17. The molecular weight excluding hydrogens is 134 g/mol. The number of hydrogen-bond donors (Lipinski definition) is 1. The van der Waals surface area contributed by atoms with E-state index in [1.165, 1.54) is 32.1 Å². The summed E-state index contributed by atoms with van der Waals surface area (Å²) >= 11 is 0. The highest BCUT2D eigenvalue weighted by Gasteiger charge is 2.39. The zero-order valence-electron chi connectivity index (χ0n) is 7.90. The fraction of sp³-hybridized carbons (Fsp3) is 1.00. The molecule has 1 saturated carbocycles. The standard InChI is InChI=1S/C10H21N/c1-3-10(2)7-6-9(10)5-4-8-11/h9H,3-8,11H2,1-2H3/t9-,10+/m0/s1. The summed E-state index contributed by atoms with van der Waals surface area (Å²) in [6.45, 7) is 5.61. The lowest BCUT2D eigenvalue weighted by Gasteiger charge is -2.47. The predicted molar refractivity (Wildman–Crippen MR) is 49.4 cm³/mol.